The van der Waals surface area contributed by atoms with Gasteiger partial charge in [0.25, 0.3) is 5.91 Å². The van der Waals surface area contributed by atoms with Gasteiger partial charge in [0.2, 0.25) is 0 Å². The third-order valence-corrected chi connectivity index (χ3v) is 3.13. The second kappa shape index (κ2) is 5.41. The first-order valence-electron chi connectivity index (χ1n) is 5.27. The van der Waals surface area contributed by atoms with E-state index in [0.717, 1.165) is 19.4 Å². The Morgan fingerprint density at radius 1 is 1.69 bits per heavy atom. The van der Waals surface area contributed by atoms with Crippen molar-refractivity contribution in [3.05, 3.63) is 28.5 Å². The summed E-state index contributed by atoms with van der Waals surface area (Å²) in [5, 5.41) is 2.83. The number of ether oxygens (including phenoxy) is 1. The second-order valence-electron chi connectivity index (χ2n) is 3.68. The number of pyridine rings is 1. The molecule has 0 aromatic carbocycles. The molecule has 1 saturated heterocycles. The molecule has 5 heteroatoms. The Hall–Kier alpha value is -0.940. The van der Waals surface area contributed by atoms with Gasteiger partial charge < -0.3 is 10.1 Å². The third-order valence-electron chi connectivity index (χ3n) is 2.49. The SMILES string of the molecule is O=C(NCC1CCCO1)c1ncccc1Br. The largest absolute Gasteiger partial charge is 0.376 e. The molecule has 0 spiro atoms. The van der Waals surface area contributed by atoms with Crippen LogP contribution in [0.3, 0.4) is 0 Å². The number of aromatic nitrogens is 1. The molecular weight excluding hydrogens is 272 g/mol. The first-order chi connectivity index (χ1) is 7.77. The average Bonchev–Trinajstić information content (AvgIpc) is 2.79. The van der Waals surface area contributed by atoms with Gasteiger partial charge >= 0.3 is 0 Å². The van der Waals surface area contributed by atoms with Crippen LogP contribution in [0, 0.1) is 0 Å². The van der Waals surface area contributed by atoms with Crippen LogP contribution in [0.25, 0.3) is 0 Å². The van der Waals surface area contributed by atoms with E-state index >= 15 is 0 Å². The van der Waals surface area contributed by atoms with Crippen LogP contribution in [-0.4, -0.2) is 30.1 Å². The fraction of sp³-hybridized carbons (Fsp3) is 0.455. The zero-order valence-corrected chi connectivity index (χ0v) is 10.4. The van der Waals surface area contributed by atoms with Crippen LogP contribution >= 0.6 is 15.9 Å². The van der Waals surface area contributed by atoms with Gasteiger partial charge in [0.05, 0.1) is 6.10 Å². The lowest BCUT2D eigenvalue weighted by Crippen LogP contribution is -2.32. The van der Waals surface area contributed by atoms with Crippen molar-refractivity contribution in [2.75, 3.05) is 13.2 Å². The van der Waals surface area contributed by atoms with Gasteiger partial charge in [0.1, 0.15) is 5.69 Å². The van der Waals surface area contributed by atoms with Gasteiger partial charge in [0.15, 0.2) is 0 Å². The van der Waals surface area contributed by atoms with Gasteiger partial charge in [-0.1, -0.05) is 0 Å². The first-order valence-corrected chi connectivity index (χ1v) is 6.07. The number of nitrogens with one attached hydrogen (secondary N) is 1. The summed E-state index contributed by atoms with van der Waals surface area (Å²) in [6.45, 7) is 1.36. The Balaban J connectivity index is 1.90. The van der Waals surface area contributed by atoms with E-state index in [9.17, 15) is 4.79 Å². The monoisotopic (exact) mass is 284 g/mol. The van der Waals surface area contributed by atoms with Crippen LogP contribution < -0.4 is 5.32 Å². The lowest BCUT2D eigenvalue weighted by molar-refractivity contribution is 0.0853. The van der Waals surface area contributed by atoms with E-state index in [2.05, 4.69) is 26.2 Å². The highest BCUT2D eigenvalue weighted by Gasteiger charge is 2.17. The smallest absolute Gasteiger partial charge is 0.271 e. The Bertz CT molecular complexity index is 378. The van der Waals surface area contributed by atoms with Crippen LogP contribution in [0.4, 0.5) is 0 Å². The third kappa shape index (κ3) is 2.80. The maximum Gasteiger partial charge on any atom is 0.271 e. The predicted molar refractivity (Wildman–Crippen MR) is 63.2 cm³/mol. The lowest BCUT2D eigenvalue weighted by atomic mass is 10.2. The summed E-state index contributed by atoms with van der Waals surface area (Å²) in [5.41, 5.74) is 0.417. The van der Waals surface area contributed by atoms with Crippen molar-refractivity contribution in [3.63, 3.8) is 0 Å². The summed E-state index contributed by atoms with van der Waals surface area (Å²) in [5.74, 6) is -0.164. The van der Waals surface area contributed by atoms with E-state index in [4.69, 9.17) is 4.74 Å². The Morgan fingerprint density at radius 2 is 2.56 bits per heavy atom. The maximum atomic E-state index is 11.8. The second-order valence-corrected chi connectivity index (χ2v) is 4.53. The fourth-order valence-corrected chi connectivity index (χ4v) is 2.08. The van der Waals surface area contributed by atoms with Gasteiger partial charge in [-0.25, -0.2) is 4.98 Å². The molecule has 1 aliphatic rings. The van der Waals surface area contributed by atoms with Crippen LogP contribution in [0.1, 0.15) is 23.3 Å². The summed E-state index contributed by atoms with van der Waals surface area (Å²) in [6, 6.07) is 3.58. The number of amides is 1. The molecule has 0 bridgehead atoms. The molecule has 0 aliphatic carbocycles. The maximum absolute atomic E-state index is 11.8. The van der Waals surface area contributed by atoms with Crippen LogP contribution in [-0.2, 0) is 4.74 Å². The molecule has 1 unspecified atom stereocenters. The molecule has 1 aromatic heterocycles. The Morgan fingerprint density at radius 3 is 3.25 bits per heavy atom. The van der Waals surface area contributed by atoms with Crippen molar-refractivity contribution in [2.24, 2.45) is 0 Å². The minimum Gasteiger partial charge on any atom is -0.376 e. The highest BCUT2D eigenvalue weighted by atomic mass is 79.9. The molecule has 4 nitrogen and oxygen atoms in total. The summed E-state index contributed by atoms with van der Waals surface area (Å²) < 4.78 is 6.13. The molecule has 1 atom stereocenters. The van der Waals surface area contributed by atoms with E-state index in [-0.39, 0.29) is 12.0 Å². The van der Waals surface area contributed by atoms with Crippen molar-refractivity contribution in [1.82, 2.24) is 10.3 Å². The topological polar surface area (TPSA) is 51.2 Å². The first kappa shape index (κ1) is 11.5. The molecule has 16 heavy (non-hydrogen) atoms. The standard InChI is InChI=1S/C11H13BrN2O2/c12-9-4-1-5-13-10(9)11(15)14-7-8-3-2-6-16-8/h1,4-5,8H,2-3,6-7H2,(H,14,15). The minimum atomic E-state index is -0.164. The fourth-order valence-electron chi connectivity index (χ4n) is 1.65. The van der Waals surface area contributed by atoms with Gasteiger partial charge in [0, 0.05) is 23.8 Å². The lowest BCUT2D eigenvalue weighted by Gasteiger charge is -2.10. The van der Waals surface area contributed by atoms with E-state index in [1.165, 1.54) is 0 Å². The van der Waals surface area contributed by atoms with Crippen molar-refractivity contribution >= 4 is 21.8 Å². The van der Waals surface area contributed by atoms with Crippen molar-refractivity contribution in [2.45, 2.75) is 18.9 Å². The summed E-state index contributed by atoms with van der Waals surface area (Å²) >= 11 is 3.30. The van der Waals surface area contributed by atoms with Crippen molar-refractivity contribution < 1.29 is 9.53 Å². The highest BCUT2D eigenvalue weighted by Crippen LogP contribution is 2.14. The molecule has 0 radical (unpaired) electrons. The van der Waals surface area contributed by atoms with Crippen LogP contribution in [0.15, 0.2) is 22.8 Å². The number of halogens is 1. The molecule has 1 aromatic rings. The number of hydrogen-bond acceptors (Lipinski definition) is 3. The average molecular weight is 285 g/mol. The number of hydrogen-bond donors (Lipinski definition) is 1. The predicted octanol–water partition coefficient (Wildman–Crippen LogP) is 1.75. The highest BCUT2D eigenvalue weighted by molar-refractivity contribution is 9.10. The molecule has 1 fully saturated rings. The zero-order chi connectivity index (χ0) is 11.4. The molecule has 1 aliphatic heterocycles. The molecule has 86 valence electrons. The molecule has 1 amide bonds. The van der Waals surface area contributed by atoms with E-state index in [0.29, 0.717) is 16.7 Å². The van der Waals surface area contributed by atoms with Gasteiger partial charge in [-0.2, -0.15) is 0 Å². The summed E-state index contributed by atoms with van der Waals surface area (Å²) in [7, 11) is 0. The number of rotatable bonds is 3. The summed E-state index contributed by atoms with van der Waals surface area (Å²) in [4.78, 5) is 15.8. The van der Waals surface area contributed by atoms with E-state index < -0.39 is 0 Å². The van der Waals surface area contributed by atoms with E-state index in [1.807, 2.05) is 0 Å². The molecule has 2 rings (SSSR count). The molecule has 2 heterocycles. The Labute approximate surface area is 103 Å². The normalized spacial score (nSPS) is 19.7. The van der Waals surface area contributed by atoms with Gasteiger partial charge in [-0.3, -0.25) is 4.79 Å². The summed E-state index contributed by atoms with van der Waals surface area (Å²) in [6.07, 6.45) is 3.86. The molecule has 0 saturated carbocycles. The number of carbonyl (C=O) groups excluding carboxylic acids is 1. The molecular formula is C11H13BrN2O2. The molecule has 1 N–H and O–H groups in total. The number of nitrogens with zero attached hydrogens (tertiary/aromatic N) is 1. The van der Waals surface area contributed by atoms with E-state index in [1.54, 1.807) is 18.3 Å². The van der Waals surface area contributed by atoms with Crippen molar-refractivity contribution in [3.8, 4) is 0 Å². The Kier molecular flexibility index (Phi) is 3.90. The number of carbonyl (C=O) groups is 1. The van der Waals surface area contributed by atoms with Crippen molar-refractivity contribution in [1.29, 1.82) is 0 Å². The zero-order valence-electron chi connectivity index (χ0n) is 8.78. The quantitative estimate of drug-likeness (QED) is 0.920. The van der Waals surface area contributed by atoms with Crippen LogP contribution in [0.5, 0.6) is 0 Å². The minimum absolute atomic E-state index is 0.159. The van der Waals surface area contributed by atoms with Gasteiger partial charge in [-0.05, 0) is 40.9 Å². The van der Waals surface area contributed by atoms with Gasteiger partial charge in [-0.15, -0.1) is 0 Å². The van der Waals surface area contributed by atoms with Crippen LogP contribution in [0.2, 0.25) is 0 Å².